The second-order valence-electron chi connectivity index (χ2n) is 2.78. The maximum atomic E-state index is 9.20. The maximum absolute atomic E-state index is 9.20. The second kappa shape index (κ2) is 3.98. The van der Waals surface area contributed by atoms with Crippen LogP contribution in [0.1, 0.15) is 0 Å². The van der Waals surface area contributed by atoms with Crippen LogP contribution in [0.5, 0.6) is 0 Å². The Morgan fingerprint density at radius 1 is 1.36 bits per heavy atom. The molecule has 0 aliphatic rings. The van der Waals surface area contributed by atoms with E-state index < -0.39 is 7.12 Å². The van der Waals surface area contributed by atoms with Gasteiger partial charge in [0, 0.05) is 5.46 Å². The van der Waals surface area contributed by atoms with Crippen molar-refractivity contribution in [2.45, 2.75) is 0 Å². The molecule has 0 aliphatic heterocycles. The molecule has 2 rings (SSSR count). The van der Waals surface area contributed by atoms with Crippen LogP contribution in [-0.2, 0) is 0 Å². The molecular formula is C8H5BClIO2S. The number of benzene rings is 1. The van der Waals surface area contributed by atoms with Crippen LogP contribution < -0.4 is 5.46 Å². The van der Waals surface area contributed by atoms with E-state index in [1.165, 1.54) is 11.3 Å². The van der Waals surface area contributed by atoms with Crippen molar-refractivity contribution >= 4 is 68.2 Å². The Balaban J connectivity index is 2.83. The first-order chi connectivity index (χ1) is 6.61. The summed E-state index contributed by atoms with van der Waals surface area (Å²) in [4.78, 5) is 0. The van der Waals surface area contributed by atoms with Gasteiger partial charge in [-0.25, -0.2) is 0 Å². The van der Waals surface area contributed by atoms with Crippen molar-refractivity contribution in [1.29, 1.82) is 0 Å². The van der Waals surface area contributed by atoms with Crippen molar-refractivity contribution in [3.8, 4) is 0 Å². The van der Waals surface area contributed by atoms with Crippen molar-refractivity contribution < 1.29 is 10.0 Å². The molecule has 2 aromatic rings. The summed E-state index contributed by atoms with van der Waals surface area (Å²) in [6.45, 7) is 0. The minimum atomic E-state index is -1.44. The van der Waals surface area contributed by atoms with Crippen LogP contribution in [0.15, 0.2) is 18.2 Å². The van der Waals surface area contributed by atoms with Gasteiger partial charge in [0.1, 0.15) is 0 Å². The van der Waals surface area contributed by atoms with E-state index in [1.807, 2.05) is 6.07 Å². The number of hydrogen-bond donors (Lipinski definition) is 2. The predicted octanol–water partition coefficient (Wildman–Crippen LogP) is 1.84. The van der Waals surface area contributed by atoms with E-state index in [4.69, 9.17) is 11.6 Å². The SMILES string of the molecule is OB(O)c1c(I)sc2c(Cl)cccc12. The molecule has 0 saturated carbocycles. The third kappa shape index (κ3) is 1.67. The second-order valence-corrected chi connectivity index (χ2v) is 6.02. The van der Waals surface area contributed by atoms with E-state index in [9.17, 15) is 10.0 Å². The Morgan fingerprint density at radius 3 is 2.71 bits per heavy atom. The molecule has 14 heavy (non-hydrogen) atoms. The smallest absolute Gasteiger partial charge is 0.423 e. The molecule has 72 valence electrons. The monoisotopic (exact) mass is 338 g/mol. The molecule has 0 aliphatic carbocycles. The zero-order chi connectivity index (χ0) is 10.3. The molecular weight excluding hydrogens is 333 g/mol. The minimum Gasteiger partial charge on any atom is -0.423 e. The molecule has 0 atom stereocenters. The number of thiophene rings is 1. The van der Waals surface area contributed by atoms with Gasteiger partial charge in [0.25, 0.3) is 0 Å². The third-order valence-electron chi connectivity index (χ3n) is 1.92. The molecule has 0 unspecified atom stereocenters. The average molecular weight is 338 g/mol. The number of hydrogen-bond acceptors (Lipinski definition) is 3. The zero-order valence-corrected chi connectivity index (χ0v) is 10.6. The molecule has 1 aromatic carbocycles. The van der Waals surface area contributed by atoms with Crippen LogP contribution in [0, 0.1) is 2.88 Å². The molecule has 0 saturated heterocycles. The first kappa shape index (κ1) is 10.7. The van der Waals surface area contributed by atoms with E-state index in [2.05, 4.69) is 22.6 Å². The molecule has 1 aromatic heterocycles. The van der Waals surface area contributed by atoms with E-state index in [-0.39, 0.29) is 0 Å². The lowest BCUT2D eigenvalue weighted by molar-refractivity contribution is 0.426. The highest BCUT2D eigenvalue weighted by molar-refractivity contribution is 14.1. The minimum absolute atomic E-state index is 0.549. The standard InChI is InChI=1S/C8H5BClIO2S/c10-5-3-1-2-4-6(9(12)13)8(11)14-7(4)5/h1-3,12-13H. The van der Waals surface area contributed by atoms with Gasteiger partial charge >= 0.3 is 7.12 Å². The number of halogens is 2. The molecule has 6 heteroatoms. The summed E-state index contributed by atoms with van der Waals surface area (Å²) in [6, 6.07) is 5.44. The maximum Gasteiger partial charge on any atom is 0.491 e. The lowest BCUT2D eigenvalue weighted by Gasteiger charge is -1.97. The van der Waals surface area contributed by atoms with E-state index in [1.54, 1.807) is 12.1 Å². The van der Waals surface area contributed by atoms with Crippen LogP contribution in [0.4, 0.5) is 0 Å². The highest BCUT2D eigenvalue weighted by Crippen LogP contribution is 2.30. The summed E-state index contributed by atoms with van der Waals surface area (Å²) in [5, 5.41) is 19.9. The summed E-state index contributed by atoms with van der Waals surface area (Å²) in [5.74, 6) is 0. The Hall–Kier alpha value is 0.185. The van der Waals surface area contributed by atoms with Gasteiger partial charge in [-0.15, -0.1) is 11.3 Å². The third-order valence-corrected chi connectivity index (χ3v) is 4.63. The predicted molar refractivity (Wildman–Crippen MR) is 69.4 cm³/mol. The normalized spacial score (nSPS) is 10.9. The Labute approximate surface area is 104 Å². The van der Waals surface area contributed by atoms with Crippen molar-refractivity contribution in [2.75, 3.05) is 0 Å². The van der Waals surface area contributed by atoms with Crippen LogP contribution in [0.25, 0.3) is 10.1 Å². The highest BCUT2D eigenvalue weighted by atomic mass is 127. The lowest BCUT2D eigenvalue weighted by atomic mass is 9.80. The Kier molecular flexibility index (Phi) is 3.04. The van der Waals surface area contributed by atoms with Crippen LogP contribution >= 0.6 is 45.5 Å². The molecule has 0 spiro atoms. The summed E-state index contributed by atoms with van der Waals surface area (Å²) in [5.41, 5.74) is 0.549. The Morgan fingerprint density at radius 2 is 2.07 bits per heavy atom. The van der Waals surface area contributed by atoms with Crippen molar-refractivity contribution in [3.05, 3.63) is 26.1 Å². The van der Waals surface area contributed by atoms with Gasteiger partial charge in [-0.2, -0.15) is 0 Å². The number of rotatable bonds is 1. The van der Waals surface area contributed by atoms with Gasteiger partial charge in [0.05, 0.1) is 12.6 Å². The molecule has 0 bridgehead atoms. The van der Waals surface area contributed by atoms with Gasteiger partial charge in [0.15, 0.2) is 0 Å². The largest absolute Gasteiger partial charge is 0.491 e. The van der Waals surface area contributed by atoms with E-state index in [0.29, 0.717) is 10.5 Å². The topological polar surface area (TPSA) is 40.5 Å². The van der Waals surface area contributed by atoms with Crippen LogP contribution in [0.3, 0.4) is 0 Å². The fourth-order valence-corrected chi connectivity index (χ4v) is 3.79. The molecule has 0 radical (unpaired) electrons. The van der Waals surface area contributed by atoms with Gasteiger partial charge in [-0.1, -0.05) is 23.7 Å². The first-order valence-electron chi connectivity index (χ1n) is 3.84. The lowest BCUT2D eigenvalue weighted by Crippen LogP contribution is -2.30. The molecule has 0 fully saturated rings. The Bertz CT molecular complexity index is 485. The fourth-order valence-electron chi connectivity index (χ4n) is 1.32. The zero-order valence-electron chi connectivity index (χ0n) is 6.87. The first-order valence-corrected chi connectivity index (χ1v) is 6.11. The summed E-state index contributed by atoms with van der Waals surface area (Å²) in [7, 11) is -1.44. The van der Waals surface area contributed by atoms with Gasteiger partial charge in [0.2, 0.25) is 0 Å². The van der Waals surface area contributed by atoms with Gasteiger partial charge < -0.3 is 10.0 Å². The van der Waals surface area contributed by atoms with Crippen LogP contribution in [-0.4, -0.2) is 17.2 Å². The fraction of sp³-hybridized carbons (Fsp3) is 0. The molecule has 2 N–H and O–H groups in total. The molecule has 2 nitrogen and oxygen atoms in total. The van der Waals surface area contributed by atoms with Crippen LogP contribution in [0.2, 0.25) is 5.02 Å². The van der Waals surface area contributed by atoms with Crippen molar-refractivity contribution in [3.63, 3.8) is 0 Å². The average Bonchev–Trinajstić information content (AvgIpc) is 2.42. The molecule has 0 amide bonds. The van der Waals surface area contributed by atoms with E-state index in [0.717, 1.165) is 13.0 Å². The van der Waals surface area contributed by atoms with Gasteiger partial charge in [-0.05, 0) is 34.0 Å². The summed E-state index contributed by atoms with van der Waals surface area (Å²) in [6.07, 6.45) is 0. The molecule has 1 heterocycles. The summed E-state index contributed by atoms with van der Waals surface area (Å²) >= 11 is 9.54. The van der Waals surface area contributed by atoms with Crippen molar-refractivity contribution in [1.82, 2.24) is 0 Å². The highest BCUT2D eigenvalue weighted by Gasteiger charge is 2.21. The van der Waals surface area contributed by atoms with E-state index >= 15 is 0 Å². The van der Waals surface area contributed by atoms with Gasteiger partial charge in [-0.3, -0.25) is 0 Å². The summed E-state index contributed by atoms with van der Waals surface area (Å²) < 4.78 is 1.77. The van der Waals surface area contributed by atoms with Crippen molar-refractivity contribution in [2.24, 2.45) is 0 Å². The quantitative estimate of drug-likeness (QED) is 0.615. The number of fused-ring (bicyclic) bond motifs is 1.